The number of rotatable bonds is 3. The normalized spacial score (nSPS) is 35.6. The maximum atomic E-state index is 11.8. The molecule has 2 fully saturated rings. The van der Waals surface area contributed by atoms with Crippen LogP contribution in [0.1, 0.15) is 25.7 Å². The third-order valence-corrected chi connectivity index (χ3v) is 6.76. The highest BCUT2D eigenvalue weighted by atomic mass is 32.2. The van der Waals surface area contributed by atoms with Gasteiger partial charge in [-0.1, -0.05) is 0 Å². The van der Waals surface area contributed by atoms with E-state index in [4.69, 9.17) is 5.73 Å². The summed E-state index contributed by atoms with van der Waals surface area (Å²) in [7, 11) is -2.96. The molecule has 0 aromatic heterocycles. The molecule has 0 bridgehead atoms. The fraction of sp³-hybridized carbons (Fsp3) is 1.00. The van der Waals surface area contributed by atoms with Gasteiger partial charge < -0.3 is 5.73 Å². The molecule has 6 heteroatoms. The number of thioether (sulfide) groups is 1. The van der Waals surface area contributed by atoms with E-state index in [-0.39, 0.29) is 5.37 Å². The Morgan fingerprint density at radius 1 is 1.28 bits per heavy atom. The van der Waals surface area contributed by atoms with Gasteiger partial charge in [-0.3, -0.25) is 4.90 Å². The number of nitrogens with zero attached hydrogens (tertiary/aromatic N) is 1. The lowest BCUT2D eigenvalue weighted by molar-refractivity contribution is 0.191. The standard InChI is InChI=1S/C12H24N2O2S2/c1-18(15,16)12-9-17-7-6-14(12)8-10-2-4-11(13)5-3-10/h10-12H,2-9,13H2,1H3. The lowest BCUT2D eigenvalue weighted by Gasteiger charge is -2.38. The van der Waals surface area contributed by atoms with Crippen molar-refractivity contribution in [3.05, 3.63) is 0 Å². The molecular weight excluding hydrogens is 268 g/mol. The van der Waals surface area contributed by atoms with Gasteiger partial charge in [-0.25, -0.2) is 8.42 Å². The number of hydrogen-bond donors (Lipinski definition) is 1. The molecule has 2 aliphatic rings. The average molecular weight is 292 g/mol. The molecule has 1 atom stereocenters. The van der Waals surface area contributed by atoms with Crippen LogP contribution in [0.5, 0.6) is 0 Å². The zero-order valence-electron chi connectivity index (χ0n) is 11.0. The number of hydrogen-bond acceptors (Lipinski definition) is 5. The van der Waals surface area contributed by atoms with Crippen LogP contribution in [0.15, 0.2) is 0 Å². The van der Waals surface area contributed by atoms with Crippen molar-refractivity contribution in [2.75, 3.05) is 30.9 Å². The van der Waals surface area contributed by atoms with Gasteiger partial charge in [-0.2, -0.15) is 11.8 Å². The number of sulfone groups is 1. The summed E-state index contributed by atoms with van der Waals surface area (Å²) in [5, 5.41) is -0.271. The van der Waals surface area contributed by atoms with Gasteiger partial charge in [0.15, 0.2) is 9.84 Å². The predicted molar refractivity (Wildman–Crippen MR) is 77.5 cm³/mol. The van der Waals surface area contributed by atoms with E-state index < -0.39 is 9.84 Å². The van der Waals surface area contributed by atoms with Gasteiger partial charge in [-0.05, 0) is 31.6 Å². The molecule has 1 saturated heterocycles. The van der Waals surface area contributed by atoms with Crippen LogP contribution in [0.4, 0.5) is 0 Å². The predicted octanol–water partition coefficient (Wildman–Crippen LogP) is 0.923. The van der Waals surface area contributed by atoms with Crippen LogP contribution in [0.25, 0.3) is 0 Å². The molecule has 1 heterocycles. The Morgan fingerprint density at radius 3 is 2.56 bits per heavy atom. The summed E-state index contributed by atoms with van der Waals surface area (Å²) >= 11 is 1.76. The Hall–Kier alpha value is 0.220. The van der Waals surface area contributed by atoms with Gasteiger partial charge in [0.25, 0.3) is 0 Å². The van der Waals surface area contributed by atoms with Crippen molar-refractivity contribution in [2.24, 2.45) is 11.7 Å². The van der Waals surface area contributed by atoms with E-state index in [9.17, 15) is 8.42 Å². The van der Waals surface area contributed by atoms with Crippen LogP contribution in [0, 0.1) is 5.92 Å². The molecule has 0 aromatic rings. The Labute approximate surface area is 115 Å². The Balaban J connectivity index is 1.93. The molecule has 0 amide bonds. The highest BCUT2D eigenvalue weighted by Gasteiger charge is 2.32. The third-order valence-electron chi connectivity index (χ3n) is 4.07. The lowest BCUT2D eigenvalue weighted by atomic mass is 9.86. The van der Waals surface area contributed by atoms with Crippen molar-refractivity contribution in [1.82, 2.24) is 4.90 Å². The molecule has 0 aromatic carbocycles. The van der Waals surface area contributed by atoms with Crippen molar-refractivity contribution in [2.45, 2.75) is 37.1 Å². The molecule has 106 valence electrons. The molecular formula is C12H24N2O2S2. The van der Waals surface area contributed by atoms with Crippen LogP contribution >= 0.6 is 11.8 Å². The van der Waals surface area contributed by atoms with Gasteiger partial charge in [0.2, 0.25) is 0 Å². The Morgan fingerprint density at radius 2 is 1.94 bits per heavy atom. The quantitative estimate of drug-likeness (QED) is 0.838. The van der Waals surface area contributed by atoms with Crippen LogP contribution in [-0.2, 0) is 9.84 Å². The second-order valence-corrected chi connectivity index (χ2v) is 8.99. The molecule has 4 nitrogen and oxygen atoms in total. The van der Waals surface area contributed by atoms with Crippen LogP contribution in [0.2, 0.25) is 0 Å². The van der Waals surface area contributed by atoms with E-state index >= 15 is 0 Å². The topological polar surface area (TPSA) is 63.4 Å². The van der Waals surface area contributed by atoms with Crippen molar-refractivity contribution < 1.29 is 8.42 Å². The molecule has 1 unspecified atom stereocenters. The van der Waals surface area contributed by atoms with Gasteiger partial charge in [-0.15, -0.1) is 0 Å². The minimum absolute atomic E-state index is 0.271. The molecule has 1 aliphatic heterocycles. The van der Waals surface area contributed by atoms with E-state index in [2.05, 4.69) is 4.90 Å². The molecule has 0 radical (unpaired) electrons. The largest absolute Gasteiger partial charge is 0.328 e. The first-order valence-electron chi connectivity index (χ1n) is 6.73. The first-order chi connectivity index (χ1) is 8.47. The Bertz CT molecular complexity index is 364. The summed E-state index contributed by atoms with van der Waals surface area (Å²) in [6.07, 6.45) is 5.86. The second kappa shape index (κ2) is 6.11. The maximum absolute atomic E-state index is 11.8. The first kappa shape index (κ1) is 14.6. The summed E-state index contributed by atoms with van der Waals surface area (Å²) in [5.41, 5.74) is 5.91. The first-order valence-corrected chi connectivity index (χ1v) is 9.84. The summed E-state index contributed by atoms with van der Waals surface area (Å²) in [6, 6.07) is 0.365. The van der Waals surface area contributed by atoms with Crippen molar-refractivity contribution in [3.8, 4) is 0 Å². The Kier molecular flexibility index (Phi) is 4.97. The monoisotopic (exact) mass is 292 g/mol. The van der Waals surface area contributed by atoms with Crippen LogP contribution < -0.4 is 5.73 Å². The fourth-order valence-corrected chi connectivity index (χ4v) is 5.87. The molecule has 2 N–H and O–H groups in total. The SMILES string of the molecule is CS(=O)(=O)C1CSCCN1CC1CCC(N)CC1. The van der Waals surface area contributed by atoms with Gasteiger partial charge in [0.1, 0.15) is 5.37 Å². The van der Waals surface area contributed by atoms with E-state index in [1.807, 2.05) is 0 Å². The summed E-state index contributed by atoms with van der Waals surface area (Å²) < 4.78 is 23.6. The van der Waals surface area contributed by atoms with E-state index in [0.29, 0.717) is 12.0 Å². The van der Waals surface area contributed by atoms with Gasteiger partial charge in [0.05, 0.1) is 0 Å². The van der Waals surface area contributed by atoms with Crippen molar-refractivity contribution >= 4 is 21.6 Å². The average Bonchev–Trinajstić information content (AvgIpc) is 2.31. The summed E-state index contributed by atoms with van der Waals surface area (Å²) in [5.74, 6) is 2.42. The minimum atomic E-state index is -2.96. The molecule has 1 aliphatic carbocycles. The second-order valence-electron chi connectivity index (χ2n) is 5.63. The highest BCUT2D eigenvalue weighted by Crippen LogP contribution is 2.27. The molecule has 1 saturated carbocycles. The third kappa shape index (κ3) is 3.85. The van der Waals surface area contributed by atoms with Crippen molar-refractivity contribution in [3.63, 3.8) is 0 Å². The molecule has 18 heavy (non-hydrogen) atoms. The van der Waals surface area contributed by atoms with Gasteiger partial charge >= 0.3 is 0 Å². The van der Waals surface area contributed by atoms with Gasteiger partial charge in [0, 0.05) is 36.9 Å². The fourth-order valence-electron chi connectivity index (χ4n) is 2.92. The van der Waals surface area contributed by atoms with E-state index in [1.165, 1.54) is 6.26 Å². The molecule has 0 spiro atoms. The number of nitrogens with two attached hydrogens (primary N) is 1. The summed E-state index contributed by atoms with van der Waals surface area (Å²) in [4.78, 5) is 2.19. The highest BCUT2D eigenvalue weighted by molar-refractivity contribution is 8.00. The zero-order valence-corrected chi connectivity index (χ0v) is 12.7. The van der Waals surface area contributed by atoms with E-state index in [0.717, 1.165) is 50.3 Å². The van der Waals surface area contributed by atoms with Crippen molar-refractivity contribution in [1.29, 1.82) is 0 Å². The van der Waals surface area contributed by atoms with E-state index in [1.54, 1.807) is 11.8 Å². The summed E-state index contributed by atoms with van der Waals surface area (Å²) in [6.45, 7) is 1.84. The lowest BCUT2D eigenvalue weighted by Crippen LogP contribution is -2.49. The smallest absolute Gasteiger partial charge is 0.164 e. The van der Waals surface area contributed by atoms with Crippen LogP contribution in [0.3, 0.4) is 0 Å². The zero-order chi connectivity index (χ0) is 13.2. The molecule has 2 rings (SSSR count). The minimum Gasteiger partial charge on any atom is -0.328 e. The van der Waals surface area contributed by atoms with Crippen LogP contribution in [-0.4, -0.2) is 55.6 Å². The maximum Gasteiger partial charge on any atom is 0.164 e.